The molecular weight excluding hydrogens is 204 g/mol. The summed E-state index contributed by atoms with van der Waals surface area (Å²) in [6.45, 7) is 8.81. The van der Waals surface area contributed by atoms with Crippen LogP contribution in [0.5, 0.6) is 17.2 Å². The molecule has 3 heteroatoms. The lowest BCUT2D eigenvalue weighted by atomic mass is 9.95. The van der Waals surface area contributed by atoms with Gasteiger partial charge in [-0.1, -0.05) is 19.9 Å². The average molecular weight is 220 g/mol. The van der Waals surface area contributed by atoms with Crippen LogP contribution in [0.4, 0.5) is 0 Å². The van der Waals surface area contributed by atoms with Crippen molar-refractivity contribution in [2.24, 2.45) is 5.41 Å². The van der Waals surface area contributed by atoms with Gasteiger partial charge < -0.3 is 14.2 Å². The van der Waals surface area contributed by atoms with Gasteiger partial charge >= 0.3 is 0 Å². The van der Waals surface area contributed by atoms with Crippen LogP contribution in [0.2, 0.25) is 0 Å². The SMILES string of the molecule is C=CC(C)(C)COc1ccc2c(c1)OCO2. The van der Waals surface area contributed by atoms with Crippen LogP contribution in [0, 0.1) is 5.41 Å². The topological polar surface area (TPSA) is 27.7 Å². The van der Waals surface area contributed by atoms with E-state index in [1.54, 1.807) is 0 Å². The van der Waals surface area contributed by atoms with Crippen molar-refractivity contribution >= 4 is 0 Å². The van der Waals surface area contributed by atoms with Crippen molar-refractivity contribution in [3.8, 4) is 17.2 Å². The number of rotatable bonds is 4. The van der Waals surface area contributed by atoms with E-state index in [1.165, 1.54) is 0 Å². The lowest BCUT2D eigenvalue weighted by Crippen LogP contribution is -2.18. The van der Waals surface area contributed by atoms with Crippen LogP contribution in [0.25, 0.3) is 0 Å². The molecular formula is C13H16O3. The zero-order valence-electron chi connectivity index (χ0n) is 9.66. The second-order valence-electron chi connectivity index (χ2n) is 4.50. The van der Waals surface area contributed by atoms with E-state index in [0.29, 0.717) is 6.61 Å². The number of fused-ring (bicyclic) bond motifs is 1. The van der Waals surface area contributed by atoms with Gasteiger partial charge in [0, 0.05) is 11.5 Å². The molecule has 0 N–H and O–H groups in total. The zero-order chi connectivity index (χ0) is 11.6. The third kappa shape index (κ3) is 2.30. The molecule has 0 radical (unpaired) electrons. The average Bonchev–Trinajstić information content (AvgIpc) is 2.73. The van der Waals surface area contributed by atoms with E-state index in [4.69, 9.17) is 14.2 Å². The van der Waals surface area contributed by atoms with Gasteiger partial charge in [0.15, 0.2) is 11.5 Å². The molecule has 0 aromatic heterocycles. The number of benzene rings is 1. The van der Waals surface area contributed by atoms with Gasteiger partial charge in [-0.3, -0.25) is 0 Å². The van der Waals surface area contributed by atoms with Gasteiger partial charge in [-0.2, -0.15) is 0 Å². The Morgan fingerprint density at radius 3 is 2.88 bits per heavy atom. The largest absolute Gasteiger partial charge is 0.493 e. The molecule has 16 heavy (non-hydrogen) atoms. The van der Waals surface area contributed by atoms with Gasteiger partial charge in [-0.15, -0.1) is 6.58 Å². The minimum absolute atomic E-state index is 0.0314. The predicted molar refractivity (Wildman–Crippen MR) is 62.0 cm³/mol. The fraction of sp³-hybridized carbons (Fsp3) is 0.385. The Morgan fingerprint density at radius 2 is 2.12 bits per heavy atom. The summed E-state index contributed by atoms with van der Waals surface area (Å²) in [6.07, 6.45) is 1.89. The molecule has 3 nitrogen and oxygen atoms in total. The van der Waals surface area contributed by atoms with Crippen molar-refractivity contribution in [2.45, 2.75) is 13.8 Å². The van der Waals surface area contributed by atoms with E-state index >= 15 is 0 Å². The number of hydrogen-bond donors (Lipinski definition) is 0. The molecule has 1 aliphatic rings. The van der Waals surface area contributed by atoms with Gasteiger partial charge in [0.1, 0.15) is 5.75 Å². The fourth-order valence-corrected chi connectivity index (χ4v) is 1.29. The number of ether oxygens (including phenoxy) is 3. The second kappa shape index (κ2) is 4.08. The lowest BCUT2D eigenvalue weighted by molar-refractivity contribution is 0.173. The standard InChI is InChI=1S/C13H16O3/c1-4-13(2,3)8-14-10-5-6-11-12(7-10)16-9-15-11/h4-7H,1,8-9H2,2-3H3. The van der Waals surface area contributed by atoms with E-state index in [9.17, 15) is 0 Å². The highest BCUT2D eigenvalue weighted by molar-refractivity contribution is 5.46. The van der Waals surface area contributed by atoms with E-state index < -0.39 is 0 Å². The highest BCUT2D eigenvalue weighted by atomic mass is 16.7. The lowest BCUT2D eigenvalue weighted by Gasteiger charge is -2.20. The summed E-state index contributed by atoms with van der Waals surface area (Å²) in [6, 6.07) is 5.59. The molecule has 1 heterocycles. The van der Waals surface area contributed by atoms with Crippen LogP contribution in [0.1, 0.15) is 13.8 Å². The maximum absolute atomic E-state index is 5.68. The first kappa shape index (κ1) is 10.9. The molecule has 1 aromatic rings. The molecule has 0 fully saturated rings. The molecule has 0 atom stereocenters. The zero-order valence-corrected chi connectivity index (χ0v) is 9.66. The summed E-state index contributed by atoms with van der Waals surface area (Å²) in [5.41, 5.74) is -0.0314. The van der Waals surface area contributed by atoms with Crippen molar-refractivity contribution in [3.05, 3.63) is 30.9 Å². The quantitative estimate of drug-likeness (QED) is 0.730. The normalized spacial score (nSPS) is 13.6. The first-order chi connectivity index (χ1) is 7.61. The van der Waals surface area contributed by atoms with Gasteiger partial charge in [0.25, 0.3) is 0 Å². The summed E-state index contributed by atoms with van der Waals surface area (Å²) in [5, 5.41) is 0. The molecule has 1 aliphatic heterocycles. The van der Waals surface area contributed by atoms with E-state index in [2.05, 4.69) is 20.4 Å². The summed E-state index contributed by atoms with van der Waals surface area (Å²) in [4.78, 5) is 0. The maximum atomic E-state index is 5.68. The van der Waals surface area contributed by atoms with Crippen molar-refractivity contribution < 1.29 is 14.2 Å². The van der Waals surface area contributed by atoms with Gasteiger partial charge in [0.2, 0.25) is 6.79 Å². The van der Waals surface area contributed by atoms with E-state index in [-0.39, 0.29) is 12.2 Å². The van der Waals surface area contributed by atoms with Crippen molar-refractivity contribution in [3.63, 3.8) is 0 Å². The van der Waals surface area contributed by atoms with Crippen molar-refractivity contribution in [1.29, 1.82) is 0 Å². The van der Waals surface area contributed by atoms with Crippen LogP contribution in [-0.4, -0.2) is 13.4 Å². The molecule has 0 aliphatic carbocycles. The molecule has 86 valence electrons. The van der Waals surface area contributed by atoms with Crippen LogP contribution in [0.15, 0.2) is 30.9 Å². The van der Waals surface area contributed by atoms with E-state index in [1.807, 2.05) is 24.3 Å². The highest BCUT2D eigenvalue weighted by Crippen LogP contribution is 2.35. The smallest absolute Gasteiger partial charge is 0.231 e. The van der Waals surface area contributed by atoms with Gasteiger partial charge in [-0.25, -0.2) is 0 Å². The van der Waals surface area contributed by atoms with Gasteiger partial charge in [-0.05, 0) is 12.1 Å². The highest BCUT2D eigenvalue weighted by Gasteiger charge is 2.16. The van der Waals surface area contributed by atoms with E-state index in [0.717, 1.165) is 17.2 Å². The first-order valence-electron chi connectivity index (χ1n) is 5.27. The third-order valence-electron chi connectivity index (χ3n) is 2.51. The molecule has 0 amide bonds. The molecule has 0 spiro atoms. The monoisotopic (exact) mass is 220 g/mol. The maximum Gasteiger partial charge on any atom is 0.231 e. The Morgan fingerprint density at radius 1 is 1.38 bits per heavy atom. The third-order valence-corrected chi connectivity index (χ3v) is 2.51. The Hall–Kier alpha value is -1.64. The molecule has 1 aromatic carbocycles. The Bertz CT molecular complexity index is 396. The number of hydrogen-bond acceptors (Lipinski definition) is 3. The van der Waals surface area contributed by atoms with Crippen molar-refractivity contribution in [2.75, 3.05) is 13.4 Å². The molecule has 0 saturated heterocycles. The van der Waals surface area contributed by atoms with Crippen LogP contribution in [-0.2, 0) is 0 Å². The Labute approximate surface area is 95.6 Å². The minimum atomic E-state index is -0.0314. The van der Waals surface area contributed by atoms with Crippen molar-refractivity contribution in [1.82, 2.24) is 0 Å². The van der Waals surface area contributed by atoms with Gasteiger partial charge in [0.05, 0.1) is 6.61 Å². The molecule has 0 unspecified atom stereocenters. The van der Waals surface area contributed by atoms with Crippen LogP contribution in [0.3, 0.4) is 0 Å². The van der Waals surface area contributed by atoms with Crippen LogP contribution >= 0.6 is 0 Å². The summed E-state index contributed by atoms with van der Waals surface area (Å²) in [5.74, 6) is 2.31. The molecule has 2 rings (SSSR count). The second-order valence-corrected chi connectivity index (χ2v) is 4.50. The molecule has 0 bridgehead atoms. The summed E-state index contributed by atoms with van der Waals surface area (Å²) < 4.78 is 16.2. The first-order valence-corrected chi connectivity index (χ1v) is 5.27. The summed E-state index contributed by atoms with van der Waals surface area (Å²) in [7, 11) is 0. The minimum Gasteiger partial charge on any atom is -0.493 e. The predicted octanol–water partition coefficient (Wildman–Crippen LogP) is 3.01. The Balaban J connectivity index is 2.03. The summed E-state index contributed by atoms with van der Waals surface area (Å²) >= 11 is 0. The fourth-order valence-electron chi connectivity index (χ4n) is 1.29. The van der Waals surface area contributed by atoms with Crippen LogP contribution < -0.4 is 14.2 Å². The molecule has 0 saturated carbocycles. The Kier molecular flexibility index (Phi) is 2.77.